The summed E-state index contributed by atoms with van der Waals surface area (Å²) in [6.45, 7) is 3.02. The fourth-order valence-electron chi connectivity index (χ4n) is 2.09. The van der Waals surface area contributed by atoms with Crippen LogP contribution in [0.4, 0.5) is 4.39 Å². The van der Waals surface area contributed by atoms with E-state index in [2.05, 4.69) is 5.32 Å². The fraction of sp³-hybridized carbons (Fsp3) is 0.500. The molecule has 104 valence electrons. The Bertz CT molecular complexity index is 433. The summed E-state index contributed by atoms with van der Waals surface area (Å²) in [6, 6.07) is 5.76. The summed E-state index contributed by atoms with van der Waals surface area (Å²) in [5.74, 6) is -0.553. The first-order valence-corrected chi connectivity index (χ1v) is 6.50. The smallest absolute Gasteiger partial charge is 0.253 e. The maximum Gasteiger partial charge on any atom is 0.253 e. The van der Waals surface area contributed by atoms with Gasteiger partial charge in [0.1, 0.15) is 5.82 Å². The molecule has 0 aliphatic carbocycles. The van der Waals surface area contributed by atoms with Gasteiger partial charge in [-0.2, -0.15) is 0 Å². The van der Waals surface area contributed by atoms with Crippen LogP contribution in [-0.2, 0) is 4.74 Å². The number of carbonyl (C=O) groups excluding carboxylic acids is 1. The molecule has 1 amide bonds. The number of ether oxygens (including phenoxy) is 1. The van der Waals surface area contributed by atoms with Crippen LogP contribution in [0.25, 0.3) is 0 Å². The number of benzene rings is 1. The van der Waals surface area contributed by atoms with Crippen LogP contribution in [0.3, 0.4) is 0 Å². The number of nitrogens with one attached hydrogen (secondary N) is 1. The molecule has 1 unspecified atom stereocenters. The third-order valence-electron chi connectivity index (χ3n) is 3.21. The number of hydrogen-bond acceptors (Lipinski definition) is 3. The van der Waals surface area contributed by atoms with Crippen molar-refractivity contribution in [1.82, 2.24) is 10.2 Å². The van der Waals surface area contributed by atoms with Crippen LogP contribution in [0, 0.1) is 5.82 Å². The van der Waals surface area contributed by atoms with Gasteiger partial charge >= 0.3 is 0 Å². The van der Waals surface area contributed by atoms with Gasteiger partial charge in [0.05, 0.1) is 12.7 Å². The first-order chi connectivity index (χ1) is 9.16. The summed E-state index contributed by atoms with van der Waals surface area (Å²) >= 11 is 0. The summed E-state index contributed by atoms with van der Waals surface area (Å²) in [5.41, 5.74) is 0.380. The molecular weight excluding hydrogens is 247 g/mol. The minimum absolute atomic E-state index is 0.150. The average Bonchev–Trinajstić information content (AvgIpc) is 2.45. The molecule has 0 radical (unpaired) electrons. The largest absolute Gasteiger partial charge is 0.376 e. The van der Waals surface area contributed by atoms with Crippen molar-refractivity contribution in [3.8, 4) is 0 Å². The maximum absolute atomic E-state index is 13.1. The van der Waals surface area contributed by atoms with Crippen molar-refractivity contribution in [3.63, 3.8) is 0 Å². The van der Waals surface area contributed by atoms with Crippen molar-refractivity contribution in [2.75, 3.05) is 33.3 Å². The molecule has 1 saturated heterocycles. The Balaban J connectivity index is 1.85. The zero-order chi connectivity index (χ0) is 13.7. The highest BCUT2D eigenvalue weighted by molar-refractivity contribution is 5.94. The lowest BCUT2D eigenvalue weighted by molar-refractivity contribution is 0.0187. The molecule has 0 spiro atoms. The molecule has 1 aromatic carbocycles. The second kappa shape index (κ2) is 6.63. The Morgan fingerprint density at radius 3 is 3.11 bits per heavy atom. The van der Waals surface area contributed by atoms with Gasteiger partial charge in [0, 0.05) is 32.2 Å². The molecule has 0 bridgehead atoms. The number of nitrogens with zero attached hydrogens (tertiary/aromatic N) is 1. The summed E-state index contributed by atoms with van der Waals surface area (Å²) in [5, 5.41) is 3.25. The molecule has 1 atom stereocenters. The van der Waals surface area contributed by atoms with Gasteiger partial charge < -0.3 is 15.0 Å². The predicted octanol–water partition coefficient (Wildman–Crippen LogP) is 1.28. The average molecular weight is 266 g/mol. The standard InChI is InChI=1S/C14H19FN2O2/c1-17(7-5-13-10-16-6-8-19-13)14(18)11-3-2-4-12(15)9-11/h2-4,9,13,16H,5-8,10H2,1H3. The first-order valence-electron chi connectivity index (χ1n) is 6.50. The second-order valence-corrected chi connectivity index (χ2v) is 4.72. The van der Waals surface area contributed by atoms with Crippen molar-refractivity contribution in [3.05, 3.63) is 35.6 Å². The van der Waals surface area contributed by atoms with Gasteiger partial charge in [-0.25, -0.2) is 4.39 Å². The van der Waals surface area contributed by atoms with Crippen molar-refractivity contribution in [2.45, 2.75) is 12.5 Å². The molecular formula is C14H19FN2O2. The van der Waals surface area contributed by atoms with E-state index < -0.39 is 0 Å². The Hall–Kier alpha value is -1.46. The van der Waals surface area contributed by atoms with Crippen molar-refractivity contribution < 1.29 is 13.9 Å². The Labute approximate surface area is 112 Å². The lowest BCUT2D eigenvalue weighted by Gasteiger charge is -2.26. The zero-order valence-electron chi connectivity index (χ0n) is 11.1. The highest BCUT2D eigenvalue weighted by Gasteiger charge is 2.17. The molecule has 1 heterocycles. The summed E-state index contributed by atoms with van der Waals surface area (Å²) in [4.78, 5) is 13.7. The minimum atomic E-state index is -0.390. The third kappa shape index (κ3) is 4.01. The van der Waals surface area contributed by atoms with Crippen LogP contribution >= 0.6 is 0 Å². The highest BCUT2D eigenvalue weighted by atomic mass is 19.1. The minimum Gasteiger partial charge on any atom is -0.376 e. The van der Waals surface area contributed by atoms with E-state index >= 15 is 0 Å². The normalized spacial score (nSPS) is 19.2. The molecule has 1 aliphatic heterocycles. The number of halogens is 1. The molecule has 1 fully saturated rings. The van der Waals surface area contributed by atoms with Gasteiger partial charge in [-0.1, -0.05) is 6.07 Å². The maximum atomic E-state index is 13.1. The van der Waals surface area contributed by atoms with E-state index in [1.807, 2.05) is 0 Å². The fourth-order valence-corrected chi connectivity index (χ4v) is 2.09. The van der Waals surface area contributed by atoms with Crippen LogP contribution in [-0.4, -0.2) is 50.2 Å². The van der Waals surface area contributed by atoms with Crippen LogP contribution in [0.2, 0.25) is 0 Å². The number of carbonyl (C=O) groups is 1. The topological polar surface area (TPSA) is 41.6 Å². The summed E-state index contributed by atoms with van der Waals surface area (Å²) < 4.78 is 18.6. The molecule has 4 nitrogen and oxygen atoms in total. The van der Waals surface area contributed by atoms with Gasteiger partial charge in [-0.15, -0.1) is 0 Å². The van der Waals surface area contributed by atoms with E-state index in [1.54, 1.807) is 24.1 Å². The van der Waals surface area contributed by atoms with E-state index in [0.29, 0.717) is 18.7 Å². The van der Waals surface area contributed by atoms with Crippen LogP contribution in [0.15, 0.2) is 24.3 Å². The number of rotatable bonds is 4. The summed E-state index contributed by atoms with van der Waals surface area (Å²) in [6.07, 6.45) is 0.932. The van der Waals surface area contributed by atoms with Crippen molar-refractivity contribution >= 4 is 5.91 Å². The molecule has 19 heavy (non-hydrogen) atoms. The number of amides is 1. The van der Waals surface area contributed by atoms with Gasteiger partial charge in [0.15, 0.2) is 0 Å². The van der Waals surface area contributed by atoms with E-state index in [0.717, 1.165) is 19.5 Å². The lowest BCUT2D eigenvalue weighted by atomic mass is 10.1. The van der Waals surface area contributed by atoms with Gasteiger partial charge in [0.2, 0.25) is 0 Å². The molecule has 5 heteroatoms. The zero-order valence-corrected chi connectivity index (χ0v) is 11.1. The molecule has 1 aromatic rings. The van der Waals surface area contributed by atoms with Crippen LogP contribution < -0.4 is 5.32 Å². The van der Waals surface area contributed by atoms with Crippen molar-refractivity contribution in [1.29, 1.82) is 0 Å². The van der Waals surface area contributed by atoms with E-state index in [9.17, 15) is 9.18 Å². The molecule has 0 saturated carbocycles. The number of hydrogen-bond donors (Lipinski definition) is 1. The second-order valence-electron chi connectivity index (χ2n) is 4.72. The molecule has 1 aliphatic rings. The Kier molecular flexibility index (Phi) is 4.87. The Morgan fingerprint density at radius 2 is 2.42 bits per heavy atom. The predicted molar refractivity (Wildman–Crippen MR) is 70.6 cm³/mol. The van der Waals surface area contributed by atoms with Crippen molar-refractivity contribution in [2.24, 2.45) is 0 Å². The molecule has 0 aromatic heterocycles. The van der Waals surface area contributed by atoms with Gasteiger partial charge in [-0.3, -0.25) is 4.79 Å². The van der Waals surface area contributed by atoms with E-state index in [4.69, 9.17) is 4.74 Å². The quantitative estimate of drug-likeness (QED) is 0.892. The van der Waals surface area contributed by atoms with Crippen LogP contribution in [0.5, 0.6) is 0 Å². The van der Waals surface area contributed by atoms with Gasteiger partial charge in [0.25, 0.3) is 5.91 Å². The van der Waals surface area contributed by atoms with Gasteiger partial charge in [-0.05, 0) is 24.6 Å². The van der Waals surface area contributed by atoms with E-state index in [-0.39, 0.29) is 17.8 Å². The molecule has 2 rings (SSSR count). The third-order valence-corrected chi connectivity index (χ3v) is 3.21. The SMILES string of the molecule is CN(CCC1CNCCO1)C(=O)c1cccc(F)c1. The highest BCUT2D eigenvalue weighted by Crippen LogP contribution is 2.08. The monoisotopic (exact) mass is 266 g/mol. The Morgan fingerprint density at radius 1 is 1.58 bits per heavy atom. The number of morpholine rings is 1. The molecule has 1 N–H and O–H groups in total. The first kappa shape index (κ1) is 14.0. The van der Waals surface area contributed by atoms with E-state index in [1.165, 1.54) is 12.1 Å². The van der Waals surface area contributed by atoms with Crippen LogP contribution in [0.1, 0.15) is 16.8 Å². The lowest BCUT2D eigenvalue weighted by Crippen LogP contribution is -2.40. The summed E-state index contributed by atoms with van der Waals surface area (Å²) in [7, 11) is 1.73.